The zero-order valence-corrected chi connectivity index (χ0v) is 16.7. The summed E-state index contributed by atoms with van der Waals surface area (Å²) in [5.41, 5.74) is 0.560. The number of nitrogens with zero attached hydrogens (tertiary/aromatic N) is 2. The second kappa shape index (κ2) is 7.28. The number of anilines is 2. The van der Waals surface area contributed by atoms with E-state index in [-0.39, 0.29) is 10.7 Å². The highest BCUT2D eigenvalue weighted by Crippen LogP contribution is 2.27. The Morgan fingerprint density at radius 2 is 1.78 bits per heavy atom. The summed E-state index contributed by atoms with van der Waals surface area (Å²) in [5.74, 6) is 0.199. The lowest BCUT2D eigenvalue weighted by molar-refractivity contribution is -0.122. The first-order valence-corrected chi connectivity index (χ1v) is 9.75. The predicted molar refractivity (Wildman–Crippen MR) is 111 cm³/mol. The zero-order chi connectivity index (χ0) is 19.0. The molecule has 0 saturated carbocycles. The number of furan rings is 1. The molecule has 2 aliphatic rings. The molecule has 4 rings (SSSR count). The van der Waals surface area contributed by atoms with E-state index >= 15 is 0 Å². The summed E-state index contributed by atoms with van der Waals surface area (Å²) in [6, 6.07) is 10.7. The molecule has 2 aliphatic heterocycles. The molecule has 2 saturated heterocycles. The number of amides is 2. The normalized spacial score (nSPS) is 19.1. The first kappa shape index (κ1) is 17.9. The standard InChI is InChI=1S/C19H16BrN3O3S/c20-12-3-5-13(6-4-12)23-18(25)15(17(24)21-19(23)27)11-14-7-8-16(26-14)22-9-1-2-10-22/h3-8,11H,1-2,9-10H2,(H,21,24,27)/b15-11-. The number of rotatable bonds is 3. The fourth-order valence-corrected chi connectivity index (χ4v) is 3.70. The van der Waals surface area contributed by atoms with Gasteiger partial charge in [0.2, 0.25) is 0 Å². The van der Waals surface area contributed by atoms with Gasteiger partial charge in [-0.2, -0.15) is 0 Å². The van der Waals surface area contributed by atoms with Crippen LogP contribution in [0.25, 0.3) is 6.08 Å². The molecule has 0 aliphatic carbocycles. The summed E-state index contributed by atoms with van der Waals surface area (Å²) >= 11 is 8.56. The highest BCUT2D eigenvalue weighted by molar-refractivity contribution is 9.10. The monoisotopic (exact) mass is 445 g/mol. The summed E-state index contributed by atoms with van der Waals surface area (Å²) in [6.07, 6.45) is 3.74. The number of hydrogen-bond donors (Lipinski definition) is 1. The first-order valence-electron chi connectivity index (χ1n) is 8.55. The minimum absolute atomic E-state index is 0.0196. The Balaban J connectivity index is 1.64. The third-order valence-corrected chi connectivity index (χ3v) is 5.32. The average Bonchev–Trinajstić information content (AvgIpc) is 3.31. The fraction of sp³-hybridized carbons (Fsp3) is 0.211. The molecule has 1 N–H and O–H groups in total. The Labute approximate surface area is 169 Å². The van der Waals surface area contributed by atoms with Gasteiger partial charge in [-0.25, -0.2) is 0 Å². The van der Waals surface area contributed by atoms with Crippen LogP contribution in [0.15, 0.2) is 50.9 Å². The molecule has 27 heavy (non-hydrogen) atoms. The van der Waals surface area contributed by atoms with Gasteiger partial charge in [0.25, 0.3) is 11.8 Å². The minimum atomic E-state index is -0.530. The Hall–Kier alpha value is -2.45. The molecule has 1 aromatic heterocycles. The van der Waals surface area contributed by atoms with Crippen LogP contribution in [0, 0.1) is 0 Å². The maximum Gasteiger partial charge on any atom is 0.270 e. The van der Waals surface area contributed by atoms with Crippen molar-refractivity contribution in [2.45, 2.75) is 12.8 Å². The molecule has 138 valence electrons. The maximum atomic E-state index is 12.9. The maximum absolute atomic E-state index is 12.9. The zero-order valence-electron chi connectivity index (χ0n) is 14.3. The van der Waals surface area contributed by atoms with Gasteiger partial charge < -0.3 is 9.32 Å². The van der Waals surface area contributed by atoms with Crippen molar-refractivity contribution in [1.29, 1.82) is 0 Å². The van der Waals surface area contributed by atoms with Crippen molar-refractivity contribution in [2.24, 2.45) is 0 Å². The molecule has 0 atom stereocenters. The average molecular weight is 446 g/mol. The molecule has 0 bridgehead atoms. The molecular weight excluding hydrogens is 430 g/mol. The molecule has 2 aromatic rings. The van der Waals surface area contributed by atoms with E-state index in [1.54, 1.807) is 30.3 Å². The van der Waals surface area contributed by atoms with Gasteiger partial charge in [0.05, 0.1) is 5.69 Å². The summed E-state index contributed by atoms with van der Waals surface area (Å²) in [4.78, 5) is 28.7. The quantitative estimate of drug-likeness (QED) is 0.445. The van der Waals surface area contributed by atoms with E-state index in [0.29, 0.717) is 11.4 Å². The number of nitrogens with one attached hydrogen (secondary N) is 1. The van der Waals surface area contributed by atoms with Crippen LogP contribution in [-0.4, -0.2) is 30.0 Å². The third kappa shape index (κ3) is 3.54. The lowest BCUT2D eigenvalue weighted by atomic mass is 10.1. The van der Waals surface area contributed by atoms with Crippen molar-refractivity contribution in [3.63, 3.8) is 0 Å². The van der Waals surface area contributed by atoms with E-state index in [4.69, 9.17) is 16.6 Å². The lowest BCUT2D eigenvalue weighted by Gasteiger charge is -2.28. The van der Waals surface area contributed by atoms with E-state index in [1.165, 1.54) is 11.0 Å². The van der Waals surface area contributed by atoms with Crippen LogP contribution in [0.2, 0.25) is 0 Å². The van der Waals surface area contributed by atoms with Crippen LogP contribution in [-0.2, 0) is 9.59 Å². The molecule has 2 amide bonds. The van der Waals surface area contributed by atoms with Crippen molar-refractivity contribution in [3.8, 4) is 0 Å². The van der Waals surface area contributed by atoms with Gasteiger partial charge in [-0.05, 0) is 61.5 Å². The van der Waals surface area contributed by atoms with Crippen molar-refractivity contribution >= 4 is 62.7 Å². The Bertz CT molecular complexity index is 945. The molecule has 0 radical (unpaired) electrons. The predicted octanol–water partition coefficient (Wildman–Crippen LogP) is 3.47. The highest BCUT2D eigenvalue weighted by Gasteiger charge is 2.34. The summed E-state index contributed by atoms with van der Waals surface area (Å²) in [5, 5.41) is 2.63. The van der Waals surface area contributed by atoms with Gasteiger partial charge in [-0.3, -0.25) is 19.8 Å². The molecule has 0 unspecified atom stereocenters. The van der Waals surface area contributed by atoms with Crippen LogP contribution < -0.4 is 15.1 Å². The summed E-state index contributed by atoms with van der Waals surface area (Å²) in [6.45, 7) is 1.91. The highest BCUT2D eigenvalue weighted by atomic mass is 79.9. The number of hydrogen-bond acceptors (Lipinski definition) is 5. The van der Waals surface area contributed by atoms with E-state index in [9.17, 15) is 9.59 Å². The van der Waals surface area contributed by atoms with Crippen molar-refractivity contribution in [1.82, 2.24) is 5.32 Å². The van der Waals surface area contributed by atoms with Gasteiger partial charge in [0, 0.05) is 23.6 Å². The van der Waals surface area contributed by atoms with Crippen LogP contribution in [0.5, 0.6) is 0 Å². The Morgan fingerprint density at radius 3 is 2.48 bits per heavy atom. The molecule has 0 spiro atoms. The molecule has 6 nitrogen and oxygen atoms in total. The van der Waals surface area contributed by atoms with Crippen molar-refractivity contribution in [2.75, 3.05) is 22.9 Å². The van der Waals surface area contributed by atoms with E-state index in [0.717, 1.165) is 36.3 Å². The molecule has 1 aromatic carbocycles. The molecule has 3 heterocycles. The molecule has 8 heteroatoms. The van der Waals surface area contributed by atoms with E-state index in [2.05, 4.69) is 26.1 Å². The number of benzene rings is 1. The van der Waals surface area contributed by atoms with Gasteiger partial charge in [0.1, 0.15) is 11.3 Å². The van der Waals surface area contributed by atoms with Gasteiger partial charge in [-0.1, -0.05) is 15.9 Å². The minimum Gasteiger partial charge on any atom is -0.441 e. The number of carbonyl (C=O) groups is 2. The summed E-state index contributed by atoms with van der Waals surface area (Å²) < 4.78 is 6.69. The largest absolute Gasteiger partial charge is 0.441 e. The number of carbonyl (C=O) groups excluding carboxylic acids is 2. The van der Waals surface area contributed by atoms with Crippen molar-refractivity contribution < 1.29 is 14.0 Å². The fourth-order valence-electron chi connectivity index (χ4n) is 3.15. The Kier molecular flexibility index (Phi) is 4.84. The third-order valence-electron chi connectivity index (χ3n) is 4.50. The summed E-state index contributed by atoms with van der Waals surface area (Å²) in [7, 11) is 0. The SMILES string of the molecule is O=C1NC(=S)N(c2ccc(Br)cc2)C(=O)/C1=C\c1ccc(N2CCCC2)o1. The van der Waals surface area contributed by atoms with Gasteiger partial charge >= 0.3 is 0 Å². The van der Waals surface area contributed by atoms with Gasteiger partial charge in [0.15, 0.2) is 11.0 Å². The molecule has 2 fully saturated rings. The van der Waals surface area contributed by atoms with Crippen molar-refractivity contribution in [3.05, 3.63) is 52.2 Å². The smallest absolute Gasteiger partial charge is 0.270 e. The lowest BCUT2D eigenvalue weighted by Crippen LogP contribution is -2.54. The van der Waals surface area contributed by atoms with Crippen LogP contribution in [0.1, 0.15) is 18.6 Å². The number of halogens is 1. The second-order valence-corrected chi connectivity index (χ2v) is 7.61. The van der Waals surface area contributed by atoms with Gasteiger partial charge in [-0.15, -0.1) is 0 Å². The van der Waals surface area contributed by atoms with Crippen LogP contribution in [0.3, 0.4) is 0 Å². The van der Waals surface area contributed by atoms with E-state index in [1.807, 2.05) is 6.07 Å². The number of thiocarbonyl (C=S) groups is 1. The van der Waals surface area contributed by atoms with Crippen LogP contribution in [0.4, 0.5) is 11.6 Å². The first-order chi connectivity index (χ1) is 13.0. The topological polar surface area (TPSA) is 65.8 Å². The second-order valence-electron chi connectivity index (χ2n) is 6.30. The molecular formula is C19H16BrN3O3S. The Morgan fingerprint density at radius 1 is 1.07 bits per heavy atom. The van der Waals surface area contributed by atoms with E-state index < -0.39 is 11.8 Å². The van der Waals surface area contributed by atoms with Crippen LogP contribution >= 0.6 is 28.1 Å².